The lowest BCUT2D eigenvalue weighted by molar-refractivity contribution is -0.119. The molecule has 1 aromatic rings. The van der Waals surface area contributed by atoms with Crippen LogP contribution in [0.3, 0.4) is 0 Å². The van der Waals surface area contributed by atoms with Crippen LogP contribution < -0.4 is 0 Å². The zero-order chi connectivity index (χ0) is 11.9. The summed E-state index contributed by atoms with van der Waals surface area (Å²) in [7, 11) is -4.33. The van der Waals surface area contributed by atoms with Gasteiger partial charge in [-0.2, -0.15) is 8.42 Å². The zero-order valence-corrected chi connectivity index (χ0v) is 9.27. The van der Waals surface area contributed by atoms with E-state index in [1.807, 2.05) is 0 Å². The summed E-state index contributed by atoms with van der Waals surface area (Å²) in [5, 5.41) is 0. The van der Waals surface area contributed by atoms with Gasteiger partial charge < -0.3 is 9.53 Å². The molecular formula is C10H10O5S. The third-order valence-electron chi connectivity index (χ3n) is 2.57. The number of aldehydes is 1. The first-order valence-corrected chi connectivity index (χ1v) is 6.10. The average molecular weight is 242 g/mol. The lowest BCUT2D eigenvalue weighted by Crippen LogP contribution is -2.06. The molecule has 2 atom stereocenters. The lowest BCUT2D eigenvalue weighted by atomic mass is 10.0. The minimum Gasteiger partial charge on any atom is -0.358 e. The third kappa shape index (κ3) is 1.64. The molecule has 2 unspecified atom stereocenters. The van der Waals surface area contributed by atoms with Crippen molar-refractivity contribution in [3.63, 3.8) is 0 Å². The Bertz CT molecular complexity index is 534. The molecule has 2 rings (SSSR count). The van der Waals surface area contributed by atoms with Gasteiger partial charge in [0.25, 0.3) is 10.1 Å². The van der Waals surface area contributed by atoms with Gasteiger partial charge >= 0.3 is 0 Å². The molecule has 5 nitrogen and oxygen atoms in total. The highest BCUT2D eigenvalue weighted by Crippen LogP contribution is 2.40. The molecule has 0 radical (unpaired) electrons. The van der Waals surface area contributed by atoms with Gasteiger partial charge in [-0.25, -0.2) is 0 Å². The van der Waals surface area contributed by atoms with Crippen LogP contribution in [-0.4, -0.2) is 19.3 Å². The summed E-state index contributed by atoms with van der Waals surface area (Å²) < 4.78 is 36.6. The van der Waals surface area contributed by atoms with Crippen LogP contribution in [0.15, 0.2) is 23.1 Å². The Kier molecular flexibility index (Phi) is 2.57. The summed E-state index contributed by atoms with van der Waals surface area (Å²) in [5.74, 6) is 0. The molecule has 0 spiro atoms. The number of fused-ring (bicyclic) bond motifs is 1. The summed E-state index contributed by atoms with van der Waals surface area (Å²) in [6.45, 7) is 1.72. The zero-order valence-electron chi connectivity index (χ0n) is 8.45. The van der Waals surface area contributed by atoms with E-state index in [1.165, 1.54) is 12.1 Å². The van der Waals surface area contributed by atoms with Crippen molar-refractivity contribution in [1.82, 2.24) is 0 Å². The minimum atomic E-state index is -4.33. The average Bonchev–Trinajstić information content (AvgIpc) is 2.54. The molecule has 0 aliphatic carbocycles. The van der Waals surface area contributed by atoms with Gasteiger partial charge in [0.05, 0.1) is 6.10 Å². The molecule has 0 saturated heterocycles. The van der Waals surface area contributed by atoms with Gasteiger partial charge in [-0.15, -0.1) is 0 Å². The third-order valence-corrected chi connectivity index (χ3v) is 3.49. The van der Waals surface area contributed by atoms with Crippen LogP contribution in [0.2, 0.25) is 0 Å². The van der Waals surface area contributed by atoms with Crippen molar-refractivity contribution in [2.75, 3.05) is 0 Å². The molecule has 16 heavy (non-hydrogen) atoms. The maximum Gasteiger partial charge on any atom is 0.294 e. The van der Waals surface area contributed by atoms with Crippen molar-refractivity contribution in [1.29, 1.82) is 0 Å². The van der Waals surface area contributed by atoms with E-state index in [2.05, 4.69) is 0 Å². The van der Waals surface area contributed by atoms with E-state index in [0.29, 0.717) is 11.8 Å². The van der Waals surface area contributed by atoms with E-state index in [1.54, 1.807) is 13.0 Å². The van der Waals surface area contributed by atoms with Crippen LogP contribution >= 0.6 is 0 Å². The quantitative estimate of drug-likeness (QED) is 0.623. The SMILES string of the molecule is CC1OC(C=O)c2c1cccc2S(=O)(=O)O. The Morgan fingerprint density at radius 3 is 2.69 bits per heavy atom. The second kappa shape index (κ2) is 3.65. The molecule has 0 saturated carbocycles. The van der Waals surface area contributed by atoms with Crippen LogP contribution in [0, 0.1) is 0 Å². The van der Waals surface area contributed by atoms with Crippen molar-refractivity contribution in [2.45, 2.75) is 24.0 Å². The lowest BCUT2D eigenvalue weighted by Gasteiger charge is -2.06. The van der Waals surface area contributed by atoms with Crippen LogP contribution in [0.5, 0.6) is 0 Å². The van der Waals surface area contributed by atoms with E-state index >= 15 is 0 Å². The molecule has 1 heterocycles. The topological polar surface area (TPSA) is 80.7 Å². The maximum absolute atomic E-state index is 11.1. The Morgan fingerprint density at radius 2 is 2.12 bits per heavy atom. The molecule has 0 aromatic heterocycles. The van der Waals surface area contributed by atoms with Gasteiger partial charge in [-0.05, 0) is 18.6 Å². The van der Waals surface area contributed by atoms with Crippen LogP contribution in [-0.2, 0) is 19.6 Å². The number of carbonyl (C=O) groups excluding carboxylic acids is 1. The number of hydrogen-bond acceptors (Lipinski definition) is 4. The van der Waals surface area contributed by atoms with E-state index in [4.69, 9.17) is 9.29 Å². The van der Waals surface area contributed by atoms with Crippen molar-refractivity contribution in [3.8, 4) is 0 Å². The van der Waals surface area contributed by atoms with Crippen molar-refractivity contribution >= 4 is 16.4 Å². The smallest absolute Gasteiger partial charge is 0.294 e. The van der Waals surface area contributed by atoms with Gasteiger partial charge in [0.2, 0.25) is 0 Å². The Hall–Kier alpha value is -1.24. The number of carbonyl (C=O) groups is 1. The van der Waals surface area contributed by atoms with Gasteiger partial charge in [0.15, 0.2) is 6.29 Å². The first-order valence-electron chi connectivity index (χ1n) is 4.66. The highest BCUT2D eigenvalue weighted by molar-refractivity contribution is 7.85. The van der Waals surface area contributed by atoms with Crippen molar-refractivity contribution in [3.05, 3.63) is 29.3 Å². The standard InChI is InChI=1S/C10H10O5S/c1-6-7-3-2-4-9(16(12,13)14)10(7)8(5-11)15-6/h2-6,8H,1H3,(H,12,13,14). The number of ether oxygens (including phenoxy) is 1. The first-order chi connectivity index (χ1) is 7.45. The summed E-state index contributed by atoms with van der Waals surface area (Å²) >= 11 is 0. The van der Waals surface area contributed by atoms with Crippen molar-refractivity contribution < 1.29 is 22.5 Å². The monoisotopic (exact) mass is 242 g/mol. The van der Waals surface area contributed by atoms with Gasteiger partial charge in [-0.1, -0.05) is 12.1 Å². The Labute approximate surface area is 92.8 Å². The molecule has 0 fully saturated rings. The molecule has 1 aliphatic rings. The molecule has 1 N–H and O–H groups in total. The molecule has 1 aliphatic heterocycles. The second-order valence-electron chi connectivity index (χ2n) is 3.57. The number of hydrogen-bond donors (Lipinski definition) is 1. The molecular weight excluding hydrogens is 232 g/mol. The van der Waals surface area contributed by atoms with Crippen molar-refractivity contribution in [2.24, 2.45) is 0 Å². The van der Waals surface area contributed by atoms with E-state index in [0.717, 1.165) is 0 Å². The largest absolute Gasteiger partial charge is 0.358 e. The molecule has 0 amide bonds. The molecule has 6 heteroatoms. The predicted octanol–water partition coefficient (Wildman–Crippen LogP) is 1.26. The summed E-state index contributed by atoms with van der Waals surface area (Å²) in [5.41, 5.74) is 0.861. The first kappa shape index (κ1) is 11.3. The highest BCUT2D eigenvalue weighted by Gasteiger charge is 2.34. The Morgan fingerprint density at radius 1 is 1.44 bits per heavy atom. The summed E-state index contributed by atoms with van der Waals surface area (Å²) in [6, 6.07) is 4.44. The fraction of sp³-hybridized carbons (Fsp3) is 0.300. The summed E-state index contributed by atoms with van der Waals surface area (Å²) in [6.07, 6.45) is -0.758. The fourth-order valence-electron chi connectivity index (χ4n) is 1.91. The van der Waals surface area contributed by atoms with Gasteiger partial charge in [0, 0.05) is 5.56 Å². The Balaban J connectivity index is 2.72. The van der Waals surface area contributed by atoms with E-state index < -0.39 is 16.2 Å². The van der Waals surface area contributed by atoms with Gasteiger partial charge in [-0.3, -0.25) is 4.55 Å². The predicted molar refractivity (Wildman–Crippen MR) is 54.6 cm³/mol. The minimum absolute atomic E-state index is 0.243. The van der Waals surface area contributed by atoms with E-state index in [-0.39, 0.29) is 16.6 Å². The number of rotatable bonds is 2. The van der Waals surface area contributed by atoms with Gasteiger partial charge in [0.1, 0.15) is 11.0 Å². The van der Waals surface area contributed by atoms with E-state index in [9.17, 15) is 13.2 Å². The fourth-order valence-corrected chi connectivity index (χ4v) is 2.67. The maximum atomic E-state index is 11.1. The summed E-state index contributed by atoms with van der Waals surface area (Å²) in [4.78, 5) is 10.5. The normalized spacial score (nSPS) is 24.1. The second-order valence-corrected chi connectivity index (χ2v) is 4.96. The molecule has 86 valence electrons. The van der Waals surface area contributed by atoms with Crippen LogP contribution in [0.4, 0.5) is 0 Å². The number of benzene rings is 1. The highest BCUT2D eigenvalue weighted by atomic mass is 32.2. The molecule has 0 bridgehead atoms. The molecule has 1 aromatic carbocycles. The van der Waals surface area contributed by atoms with Crippen LogP contribution in [0.1, 0.15) is 30.3 Å². The van der Waals surface area contributed by atoms with Crippen LogP contribution in [0.25, 0.3) is 0 Å².